The Hall–Kier alpha value is -1.83. The number of benzene rings is 2. The SMILES string of the molecule is Cc1ccc(S[C@@H](C)C(=O)Nc2ccc(S(N)(=O)=O)cc2)cc1C. The van der Waals surface area contributed by atoms with E-state index in [2.05, 4.69) is 11.4 Å². The Labute approximate surface area is 146 Å². The van der Waals surface area contributed by atoms with E-state index in [9.17, 15) is 13.2 Å². The van der Waals surface area contributed by atoms with Crippen LogP contribution in [0.4, 0.5) is 5.69 Å². The second-order valence-electron chi connectivity index (χ2n) is 5.56. The summed E-state index contributed by atoms with van der Waals surface area (Å²) in [4.78, 5) is 13.3. The highest BCUT2D eigenvalue weighted by Crippen LogP contribution is 2.26. The highest BCUT2D eigenvalue weighted by Gasteiger charge is 2.15. The number of aryl methyl sites for hydroxylation is 2. The van der Waals surface area contributed by atoms with Gasteiger partial charge in [0.2, 0.25) is 15.9 Å². The van der Waals surface area contributed by atoms with Gasteiger partial charge in [0, 0.05) is 10.6 Å². The van der Waals surface area contributed by atoms with Crippen LogP contribution in [-0.2, 0) is 14.8 Å². The van der Waals surface area contributed by atoms with Crippen molar-refractivity contribution in [3.05, 3.63) is 53.6 Å². The third-order valence-electron chi connectivity index (χ3n) is 3.61. The lowest BCUT2D eigenvalue weighted by Crippen LogP contribution is -2.22. The molecule has 0 saturated carbocycles. The van der Waals surface area contributed by atoms with Crippen LogP contribution in [0.25, 0.3) is 0 Å². The molecule has 0 saturated heterocycles. The summed E-state index contributed by atoms with van der Waals surface area (Å²) in [6, 6.07) is 11.9. The lowest BCUT2D eigenvalue weighted by atomic mass is 10.1. The molecule has 2 aromatic carbocycles. The predicted molar refractivity (Wildman–Crippen MR) is 97.7 cm³/mol. The summed E-state index contributed by atoms with van der Waals surface area (Å²) < 4.78 is 22.4. The smallest absolute Gasteiger partial charge is 0.238 e. The van der Waals surface area contributed by atoms with Crippen molar-refractivity contribution in [1.29, 1.82) is 0 Å². The van der Waals surface area contributed by atoms with Gasteiger partial charge in [-0.1, -0.05) is 6.07 Å². The van der Waals surface area contributed by atoms with E-state index in [1.165, 1.54) is 47.2 Å². The molecule has 0 aliphatic carbocycles. The van der Waals surface area contributed by atoms with E-state index in [1.54, 1.807) is 0 Å². The quantitative estimate of drug-likeness (QED) is 0.798. The number of carbonyl (C=O) groups is 1. The zero-order valence-electron chi connectivity index (χ0n) is 13.7. The molecule has 3 N–H and O–H groups in total. The molecule has 1 atom stereocenters. The molecular weight excluding hydrogens is 344 g/mol. The molecule has 1 amide bonds. The predicted octanol–water partition coefficient (Wildman–Crippen LogP) is 3.07. The molecular formula is C17H20N2O3S2. The lowest BCUT2D eigenvalue weighted by Gasteiger charge is -2.13. The van der Waals surface area contributed by atoms with Crippen LogP contribution >= 0.6 is 11.8 Å². The summed E-state index contributed by atoms with van der Waals surface area (Å²) >= 11 is 1.47. The van der Waals surface area contributed by atoms with E-state index >= 15 is 0 Å². The normalized spacial score (nSPS) is 12.7. The van der Waals surface area contributed by atoms with Crippen molar-refractivity contribution >= 4 is 33.4 Å². The van der Waals surface area contributed by atoms with Gasteiger partial charge in [-0.05, 0) is 68.3 Å². The standard InChI is InChI=1S/C17H20N2O3S2/c1-11-4-7-15(10-12(11)2)23-13(3)17(20)19-14-5-8-16(9-6-14)24(18,21)22/h4-10,13H,1-3H3,(H,19,20)(H2,18,21,22)/t13-/m0/s1. The van der Waals surface area contributed by atoms with Crippen molar-refractivity contribution in [3.63, 3.8) is 0 Å². The molecule has 24 heavy (non-hydrogen) atoms. The number of rotatable bonds is 5. The topological polar surface area (TPSA) is 89.3 Å². The Morgan fingerprint density at radius 2 is 1.71 bits per heavy atom. The van der Waals surface area contributed by atoms with Crippen LogP contribution < -0.4 is 10.5 Å². The molecule has 0 fully saturated rings. The number of anilines is 1. The highest BCUT2D eigenvalue weighted by molar-refractivity contribution is 8.00. The number of thioether (sulfide) groups is 1. The minimum Gasteiger partial charge on any atom is -0.325 e. The van der Waals surface area contributed by atoms with Gasteiger partial charge in [-0.2, -0.15) is 0 Å². The van der Waals surface area contributed by atoms with Crippen molar-refractivity contribution in [2.75, 3.05) is 5.32 Å². The first-order chi connectivity index (χ1) is 11.2. The molecule has 0 heterocycles. The van der Waals surface area contributed by atoms with Gasteiger partial charge in [0.15, 0.2) is 0 Å². The number of amides is 1. The molecule has 0 aliphatic rings. The Kier molecular flexibility index (Phi) is 5.69. The Morgan fingerprint density at radius 3 is 2.25 bits per heavy atom. The molecule has 0 aliphatic heterocycles. The molecule has 0 aromatic heterocycles. The van der Waals surface area contributed by atoms with Crippen LogP contribution in [0.5, 0.6) is 0 Å². The number of sulfonamides is 1. The number of hydrogen-bond donors (Lipinski definition) is 2. The van der Waals surface area contributed by atoms with Crippen molar-refractivity contribution < 1.29 is 13.2 Å². The fourth-order valence-corrected chi connectivity index (χ4v) is 3.50. The first kappa shape index (κ1) is 18.5. The molecule has 0 unspecified atom stereocenters. The number of carbonyl (C=O) groups excluding carboxylic acids is 1. The van der Waals surface area contributed by atoms with E-state index in [-0.39, 0.29) is 16.1 Å². The van der Waals surface area contributed by atoms with Gasteiger partial charge in [-0.15, -0.1) is 11.8 Å². The summed E-state index contributed by atoms with van der Waals surface area (Å²) in [6.07, 6.45) is 0. The average Bonchev–Trinajstić information content (AvgIpc) is 2.50. The lowest BCUT2D eigenvalue weighted by molar-refractivity contribution is -0.115. The van der Waals surface area contributed by atoms with Crippen LogP contribution in [0.1, 0.15) is 18.1 Å². The summed E-state index contributed by atoms with van der Waals surface area (Å²) in [5.41, 5.74) is 2.93. The highest BCUT2D eigenvalue weighted by atomic mass is 32.2. The van der Waals surface area contributed by atoms with Crippen molar-refractivity contribution in [1.82, 2.24) is 0 Å². The van der Waals surface area contributed by atoms with E-state index in [0.717, 1.165) is 4.90 Å². The first-order valence-corrected chi connectivity index (χ1v) is 9.77. The van der Waals surface area contributed by atoms with Crippen LogP contribution in [0.3, 0.4) is 0 Å². The second-order valence-corrected chi connectivity index (χ2v) is 8.54. The maximum Gasteiger partial charge on any atom is 0.238 e. The fraction of sp³-hybridized carbons (Fsp3) is 0.235. The van der Waals surface area contributed by atoms with Crippen molar-refractivity contribution in [2.24, 2.45) is 5.14 Å². The summed E-state index contributed by atoms with van der Waals surface area (Å²) in [5.74, 6) is -0.151. The number of primary sulfonamides is 1. The molecule has 0 bridgehead atoms. The molecule has 0 spiro atoms. The summed E-state index contributed by atoms with van der Waals surface area (Å²) in [5, 5.41) is 7.53. The maximum atomic E-state index is 12.3. The average molecular weight is 364 g/mol. The largest absolute Gasteiger partial charge is 0.325 e. The van der Waals surface area contributed by atoms with Crippen LogP contribution in [0.15, 0.2) is 52.3 Å². The Bertz CT molecular complexity index is 847. The zero-order valence-corrected chi connectivity index (χ0v) is 15.4. The van der Waals surface area contributed by atoms with Crippen LogP contribution in [0.2, 0.25) is 0 Å². The molecule has 5 nitrogen and oxygen atoms in total. The molecule has 0 radical (unpaired) electrons. The monoisotopic (exact) mass is 364 g/mol. The van der Waals surface area contributed by atoms with Gasteiger partial charge in [0.1, 0.15) is 0 Å². The van der Waals surface area contributed by atoms with Crippen molar-refractivity contribution in [2.45, 2.75) is 35.8 Å². The molecule has 2 aromatic rings. The van der Waals surface area contributed by atoms with Crippen molar-refractivity contribution in [3.8, 4) is 0 Å². The van der Waals surface area contributed by atoms with Gasteiger partial charge in [0.25, 0.3) is 0 Å². The van der Waals surface area contributed by atoms with Gasteiger partial charge in [0.05, 0.1) is 10.1 Å². The Balaban J connectivity index is 2.02. The number of hydrogen-bond acceptors (Lipinski definition) is 4. The maximum absolute atomic E-state index is 12.3. The molecule has 128 valence electrons. The van der Waals surface area contributed by atoms with E-state index in [0.29, 0.717) is 5.69 Å². The van der Waals surface area contributed by atoms with E-state index in [4.69, 9.17) is 5.14 Å². The van der Waals surface area contributed by atoms with Gasteiger partial charge in [-0.25, -0.2) is 13.6 Å². The number of nitrogens with one attached hydrogen (secondary N) is 1. The van der Waals surface area contributed by atoms with E-state index in [1.807, 2.05) is 32.9 Å². The third-order valence-corrected chi connectivity index (χ3v) is 5.63. The van der Waals surface area contributed by atoms with Gasteiger partial charge in [-0.3, -0.25) is 4.79 Å². The zero-order chi connectivity index (χ0) is 17.9. The minimum atomic E-state index is -3.73. The summed E-state index contributed by atoms with van der Waals surface area (Å²) in [6.45, 7) is 5.91. The minimum absolute atomic E-state index is 0.0121. The summed E-state index contributed by atoms with van der Waals surface area (Å²) in [7, 11) is -3.73. The Morgan fingerprint density at radius 1 is 1.08 bits per heavy atom. The van der Waals surface area contributed by atoms with E-state index < -0.39 is 10.0 Å². The third kappa shape index (κ3) is 4.83. The number of nitrogens with two attached hydrogens (primary N) is 1. The van der Waals surface area contributed by atoms with Crippen LogP contribution in [0, 0.1) is 13.8 Å². The van der Waals surface area contributed by atoms with Gasteiger partial charge >= 0.3 is 0 Å². The van der Waals surface area contributed by atoms with Crippen LogP contribution in [-0.4, -0.2) is 19.6 Å². The fourth-order valence-electron chi connectivity index (χ4n) is 2.02. The molecule has 7 heteroatoms. The first-order valence-electron chi connectivity index (χ1n) is 7.34. The second kappa shape index (κ2) is 7.38. The molecule has 2 rings (SSSR count). The van der Waals surface area contributed by atoms with Gasteiger partial charge < -0.3 is 5.32 Å².